The number of rotatable bonds is 36. The topological polar surface area (TPSA) is 251 Å². The van der Waals surface area contributed by atoms with Gasteiger partial charge in [-0.1, -0.05) is 143 Å². The molecule has 631 valence electrons. The number of hydrogen-bond donors (Lipinski definition) is 0. The molecule has 0 saturated heterocycles. The zero-order valence-electron chi connectivity index (χ0n) is 71.5. The van der Waals surface area contributed by atoms with Crippen molar-refractivity contribution >= 4 is 108 Å². The molecule has 0 atom stereocenters. The van der Waals surface area contributed by atoms with Crippen LogP contribution < -0.4 is 60.0 Å². The second kappa shape index (κ2) is 52.8. The Hall–Kier alpha value is -8.96. The molecule has 0 amide bonds. The molecule has 3 radical (unpaired) electrons. The zero-order valence-corrected chi connectivity index (χ0v) is 78.4. The Morgan fingerprint density at radius 1 is 0.248 bits per heavy atom. The molecule has 31 heteroatoms. The molecule has 24 nitrogen and oxygen atoms in total. The van der Waals surface area contributed by atoms with Gasteiger partial charge in [-0.3, -0.25) is 0 Å². The van der Waals surface area contributed by atoms with Gasteiger partial charge >= 0.3 is 51.2 Å². The third-order valence-electron chi connectivity index (χ3n) is 19.1. The summed E-state index contributed by atoms with van der Waals surface area (Å²) >= 11 is 12.5. The van der Waals surface area contributed by atoms with Crippen molar-refractivity contribution < 1.29 is 81.8 Å². The minimum atomic E-state index is -3.14. The van der Waals surface area contributed by atoms with E-state index in [1.807, 2.05) is 156 Å². The molecule has 0 heterocycles. The molecular weight excluding hydrogens is 1670 g/mol. The van der Waals surface area contributed by atoms with Gasteiger partial charge in [-0.25, -0.2) is 28.7 Å². The fraction of sp³-hybridized carbons (Fsp3) is 0.372. The minimum absolute atomic E-state index is 0. The number of hydrazone groups is 6. The molecule has 0 aliphatic rings. The normalized spacial score (nSPS) is 11.2. The third kappa shape index (κ3) is 29.8. The minimum Gasteiger partial charge on any atom is -0.872 e. The number of nitrogens with zero attached hydrogens (tertiary/aromatic N) is 18. The summed E-state index contributed by atoms with van der Waals surface area (Å²) in [5.74, 6) is -0.973. The molecule has 0 aromatic heterocycles. The van der Waals surface area contributed by atoms with Crippen LogP contribution in [0.25, 0.3) is 0 Å². The van der Waals surface area contributed by atoms with E-state index in [-0.39, 0.29) is 85.7 Å². The van der Waals surface area contributed by atoms with Crippen molar-refractivity contribution in [1.82, 2.24) is 28.7 Å². The van der Waals surface area contributed by atoms with Crippen LogP contribution in [0.4, 0.5) is 34.1 Å². The van der Waals surface area contributed by atoms with Crippen LogP contribution in [0.3, 0.4) is 0 Å². The first-order chi connectivity index (χ1) is 54.5. The van der Waals surface area contributed by atoms with E-state index in [4.69, 9.17) is 23.6 Å². The largest absolute Gasteiger partial charge is 2.00 e. The molecule has 0 aliphatic carbocycles. The van der Waals surface area contributed by atoms with Gasteiger partial charge in [0.05, 0.1) is 37.3 Å². The summed E-state index contributed by atoms with van der Waals surface area (Å²) in [5.41, 5.74) is 10.2. The number of benzene rings is 8. The van der Waals surface area contributed by atoms with Gasteiger partial charge in [-0.2, -0.15) is 30.6 Å². The van der Waals surface area contributed by atoms with Crippen molar-refractivity contribution in [2.75, 3.05) is 150 Å². The molecule has 0 unspecified atom stereocenters. The Kier molecular flexibility index (Phi) is 46.9. The predicted molar refractivity (Wildman–Crippen MR) is 480 cm³/mol. The second-order valence-electron chi connectivity index (χ2n) is 26.1. The molecule has 0 saturated carbocycles. The molecule has 0 spiro atoms. The molecule has 0 bridgehead atoms. The summed E-state index contributed by atoms with van der Waals surface area (Å²) < 4.78 is 9.32. The second-order valence-corrected chi connectivity index (χ2v) is 34.6. The number of aryl methyl sites for hydroxylation is 2. The average molecular weight is 1790 g/mol. The van der Waals surface area contributed by atoms with E-state index in [0.717, 1.165) is 113 Å². The van der Waals surface area contributed by atoms with Gasteiger partial charge in [0, 0.05) is 155 Å². The van der Waals surface area contributed by atoms with E-state index < -0.39 is 13.0 Å². The summed E-state index contributed by atoms with van der Waals surface area (Å²) in [5, 5.41) is 106. The SMILES string of the molecule is CCN(CC)c1ccc(/C=N/N(C)P(=S)(N(C)/N=C/c2ccc(N(CC)CC)cc2[O-])N(C)/N=C/c2ccc(N(CC)CC)cc2[O-])c([O-])c1.CCN(CC)c1ccc(/C=N/N(C)P(=S)(N(C)/N=C/c2ccc(N(CC)CC)cc2[O-])N(C)/N=C/c2ccc(N(CC)CC)cc2[O-])c([O-])c1.Cc1ccccc1.Cc1ccccc1.[Mn+2].[Mn+2].[Mn+2]. The predicted octanol–water partition coefficient (Wildman–Crippen LogP) is 13.7. The van der Waals surface area contributed by atoms with Crippen molar-refractivity contribution in [3.05, 3.63) is 214 Å². The van der Waals surface area contributed by atoms with Crippen LogP contribution in [0.15, 0.2) is 200 Å². The summed E-state index contributed by atoms with van der Waals surface area (Å²) in [4.78, 5) is 12.6. The third-order valence-corrected chi connectivity index (χ3v) is 28.5. The number of hydrogen-bond acceptors (Lipinski definition) is 20. The Balaban J connectivity index is 0.000000661. The van der Waals surface area contributed by atoms with Crippen LogP contribution in [0, 0.1) is 13.8 Å². The Bertz CT molecular complexity index is 3880. The first kappa shape index (κ1) is 104. The first-order valence-electron chi connectivity index (χ1n) is 38.8. The van der Waals surface area contributed by atoms with Crippen LogP contribution in [0.1, 0.15) is 128 Å². The van der Waals surface area contributed by atoms with E-state index >= 15 is 0 Å². The Morgan fingerprint density at radius 2 is 0.385 bits per heavy atom. The van der Waals surface area contributed by atoms with Gasteiger partial charge in [0.15, 0.2) is 0 Å². The van der Waals surface area contributed by atoms with Crippen LogP contribution in [0.5, 0.6) is 34.5 Å². The van der Waals surface area contributed by atoms with Gasteiger partial charge in [0.2, 0.25) is 0 Å². The average Bonchev–Trinajstić information content (AvgIpc) is 0.796. The first-order valence-corrected chi connectivity index (χ1v) is 44.1. The molecule has 117 heavy (non-hydrogen) atoms. The standard InChI is InChI=1S/2C36H54N9O3PS.2C7H8.3Mn/c2*1-10-43(11-2)31-19-16-28(34(46)22-31)25-37-40(7)49(50,41(8)38-26-29-17-20-32(23-35(29)47)44(12-3)13-4)42(9)39-27-30-18-21-33(24-36(30)48)45(14-5)15-6;2*1-7-5-3-2-4-6-7;;;/h2*16-27,46-48H,10-15H2,1-9H3;2*2-6H,1H3;;;/q;;;;3*+2/p-6/b2*37-25+,38-26+,39-27+;;;;;. The van der Waals surface area contributed by atoms with Crippen LogP contribution in [-0.4, -0.2) is 187 Å². The molecule has 8 aromatic rings. The fourth-order valence-corrected chi connectivity index (χ4v) is 16.1. The van der Waals surface area contributed by atoms with Gasteiger partial charge < -0.3 is 60.0 Å². The molecule has 0 aliphatic heterocycles. The quantitative estimate of drug-likeness (QED) is 0.0153. The maximum absolute atomic E-state index is 13.0. The zero-order chi connectivity index (χ0) is 84.2. The Labute approximate surface area is 739 Å². The molecule has 8 aromatic carbocycles. The van der Waals surface area contributed by atoms with Crippen molar-refractivity contribution in [2.45, 2.75) is 96.9 Å². The summed E-state index contributed by atoms with van der Waals surface area (Å²) in [6.45, 7) is 31.9. The summed E-state index contributed by atoms with van der Waals surface area (Å²) in [6, 6.07) is 52.0. The summed E-state index contributed by atoms with van der Waals surface area (Å²) in [7, 11) is 10.2. The van der Waals surface area contributed by atoms with Gasteiger partial charge in [0.25, 0.3) is 13.0 Å². The van der Waals surface area contributed by atoms with E-state index in [9.17, 15) is 30.6 Å². The van der Waals surface area contributed by atoms with Crippen molar-refractivity contribution in [2.24, 2.45) is 30.6 Å². The summed E-state index contributed by atoms with van der Waals surface area (Å²) in [6.07, 6.45) is 8.88. The Morgan fingerprint density at radius 3 is 0.487 bits per heavy atom. The fourth-order valence-electron chi connectivity index (χ4n) is 12.0. The van der Waals surface area contributed by atoms with Gasteiger partial charge in [-0.15, -0.1) is 0 Å². The van der Waals surface area contributed by atoms with Gasteiger partial charge in [0.1, 0.15) is 0 Å². The number of anilines is 6. The van der Waals surface area contributed by atoms with Crippen molar-refractivity contribution in [3.63, 3.8) is 0 Å². The maximum atomic E-state index is 13.0. The molecule has 0 N–H and O–H groups in total. The van der Waals surface area contributed by atoms with E-state index in [1.54, 1.807) is 144 Å². The van der Waals surface area contributed by atoms with Crippen LogP contribution in [0.2, 0.25) is 0 Å². The van der Waals surface area contributed by atoms with E-state index in [2.05, 4.69) is 98.1 Å². The molecule has 8 rings (SSSR count). The van der Waals surface area contributed by atoms with Crippen molar-refractivity contribution in [3.8, 4) is 34.5 Å². The van der Waals surface area contributed by atoms with E-state index in [1.165, 1.54) is 48.4 Å². The monoisotopic (exact) mass is 1790 g/mol. The van der Waals surface area contributed by atoms with E-state index in [0.29, 0.717) is 33.4 Å². The maximum Gasteiger partial charge on any atom is 2.00 e. The van der Waals surface area contributed by atoms with Crippen molar-refractivity contribution in [1.29, 1.82) is 0 Å². The van der Waals surface area contributed by atoms with Crippen LogP contribution in [-0.2, 0) is 74.8 Å². The molecule has 0 fully saturated rings. The smallest absolute Gasteiger partial charge is 0.872 e. The molecular formula is C86H118Mn3N18O6P2S2. The van der Waals surface area contributed by atoms with Crippen LogP contribution >= 0.6 is 13.0 Å². The van der Waals surface area contributed by atoms with Gasteiger partial charge in [-0.05, 0) is 227 Å².